The topological polar surface area (TPSA) is 15.3 Å². The number of thiocarbonyl (C=S) groups is 1. The summed E-state index contributed by atoms with van der Waals surface area (Å²) in [5.74, 6) is 0. The second-order valence-corrected chi connectivity index (χ2v) is 5.82. The molecule has 1 aromatic carbocycles. The summed E-state index contributed by atoms with van der Waals surface area (Å²) in [6.07, 6.45) is -2.53. The van der Waals surface area contributed by atoms with Crippen molar-refractivity contribution in [3.05, 3.63) is 29.8 Å². The maximum absolute atomic E-state index is 12.8. The molecule has 0 aliphatic heterocycles. The van der Waals surface area contributed by atoms with Crippen molar-refractivity contribution in [3.63, 3.8) is 0 Å². The van der Waals surface area contributed by atoms with Gasteiger partial charge < -0.3 is 10.2 Å². The van der Waals surface area contributed by atoms with E-state index in [2.05, 4.69) is 37.9 Å². The van der Waals surface area contributed by atoms with Gasteiger partial charge in [0.1, 0.15) is 0 Å². The molecule has 1 N–H and O–H groups in total. The number of anilines is 1. The van der Waals surface area contributed by atoms with E-state index < -0.39 is 11.7 Å². The molecule has 0 aromatic heterocycles. The maximum atomic E-state index is 12.8. The number of halogens is 3. The fraction of sp³-hybridized carbons (Fsp3) is 0.562. The zero-order valence-corrected chi connectivity index (χ0v) is 14.2. The fourth-order valence-electron chi connectivity index (χ4n) is 2.19. The van der Waals surface area contributed by atoms with Crippen molar-refractivity contribution in [1.29, 1.82) is 0 Å². The van der Waals surface area contributed by atoms with Gasteiger partial charge in [-0.05, 0) is 57.1 Å². The molecule has 124 valence electrons. The minimum Gasteiger partial charge on any atom is -0.344 e. The monoisotopic (exact) mass is 332 g/mol. The van der Waals surface area contributed by atoms with Crippen LogP contribution in [0.4, 0.5) is 18.9 Å². The van der Waals surface area contributed by atoms with Gasteiger partial charge in [0, 0.05) is 17.8 Å². The van der Waals surface area contributed by atoms with Crippen molar-refractivity contribution in [2.45, 2.75) is 58.8 Å². The van der Waals surface area contributed by atoms with Crippen LogP contribution in [0.5, 0.6) is 0 Å². The van der Waals surface area contributed by atoms with Gasteiger partial charge in [-0.15, -0.1) is 0 Å². The highest BCUT2D eigenvalue weighted by Gasteiger charge is 2.30. The van der Waals surface area contributed by atoms with E-state index in [9.17, 15) is 13.2 Å². The molecule has 1 rings (SSSR count). The Kier molecular flexibility index (Phi) is 6.66. The standard InChI is InChI=1S/C16H23F3N2S/c1-5-11(3)21(12(4)6-2)15(22)20-14-9-7-8-13(10-14)16(17,18)19/h7-12H,5-6H2,1-4H3,(H,20,22). The van der Waals surface area contributed by atoms with Crippen molar-refractivity contribution in [3.8, 4) is 0 Å². The second-order valence-electron chi connectivity index (χ2n) is 5.43. The first kappa shape index (κ1) is 18.7. The van der Waals surface area contributed by atoms with Crippen LogP contribution in [0, 0.1) is 0 Å². The van der Waals surface area contributed by atoms with Gasteiger partial charge in [-0.3, -0.25) is 0 Å². The van der Waals surface area contributed by atoms with Gasteiger partial charge in [0.15, 0.2) is 5.11 Å². The van der Waals surface area contributed by atoms with Gasteiger partial charge in [0.25, 0.3) is 0 Å². The van der Waals surface area contributed by atoms with Crippen LogP contribution in [0.25, 0.3) is 0 Å². The zero-order valence-electron chi connectivity index (χ0n) is 13.4. The molecular formula is C16H23F3N2S. The van der Waals surface area contributed by atoms with Gasteiger partial charge in [-0.1, -0.05) is 19.9 Å². The van der Waals surface area contributed by atoms with Gasteiger partial charge in [0.2, 0.25) is 0 Å². The number of rotatable bonds is 5. The Labute approximate surface area is 135 Å². The van der Waals surface area contributed by atoms with Crippen LogP contribution in [0.3, 0.4) is 0 Å². The molecule has 0 amide bonds. The molecule has 0 bridgehead atoms. The summed E-state index contributed by atoms with van der Waals surface area (Å²) in [6.45, 7) is 8.25. The highest BCUT2D eigenvalue weighted by Crippen LogP contribution is 2.30. The average Bonchev–Trinajstić information content (AvgIpc) is 2.46. The molecular weight excluding hydrogens is 309 g/mol. The Morgan fingerprint density at radius 1 is 1.18 bits per heavy atom. The van der Waals surface area contributed by atoms with Crippen LogP contribution in [0.1, 0.15) is 46.1 Å². The summed E-state index contributed by atoms with van der Waals surface area (Å²) in [5, 5.41) is 3.40. The minimum absolute atomic E-state index is 0.223. The molecule has 0 fully saturated rings. The van der Waals surface area contributed by atoms with Gasteiger partial charge in [0.05, 0.1) is 5.56 Å². The second kappa shape index (κ2) is 7.81. The highest BCUT2D eigenvalue weighted by molar-refractivity contribution is 7.80. The van der Waals surface area contributed by atoms with Crippen LogP contribution in [0.2, 0.25) is 0 Å². The molecule has 1 aromatic rings. The van der Waals surface area contributed by atoms with Crippen LogP contribution < -0.4 is 5.32 Å². The fourth-order valence-corrected chi connectivity index (χ4v) is 2.67. The molecule has 0 aliphatic rings. The molecule has 0 spiro atoms. The average molecular weight is 332 g/mol. The molecule has 0 saturated carbocycles. The number of alkyl halides is 3. The Bertz CT molecular complexity index is 492. The van der Waals surface area contributed by atoms with E-state index in [1.165, 1.54) is 6.07 Å². The molecule has 2 nitrogen and oxygen atoms in total. The lowest BCUT2D eigenvalue weighted by Crippen LogP contribution is -2.46. The number of hydrogen-bond acceptors (Lipinski definition) is 1. The first-order valence-corrected chi connectivity index (χ1v) is 7.88. The summed E-state index contributed by atoms with van der Waals surface area (Å²) in [5.41, 5.74) is -0.324. The predicted octanol–water partition coefficient (Wildman–Crippen LogP) is 5.30. The number of hydrogen-bond donors (Lipinski definition) is 1. The number of benzene rings is 1. The van der Waals surface area contributed by atoms with Crippen LogP contribution in [-0.2, 0) is 6.18 Å². The Balaban J connectivity index is 2.94. The van der Waals surface area contributed by atoms with Gasteiger partial charge in [-0.2, -0.15) is 13.2 Å². The van der Waals surface area contributed by atoms with Crippen LogP contribution in [-0.4, -0.2) is 22.1 Å². The van der Waals surface area contributed by atoms with Gasteiger partial charge >= 0.3 is 6.18 Å². The van der Waals surface area contributed by atoms with E-state index in [0.717, 1.165) is 25.0 Å². The van der Waals surface area contributed by atoms with Crippen LogP contribution >= 0.6 is 12.2 Å². The van der Waals surface area contributed by atoms with Crippen molar-refractivity contribution >= 4 is 23.0 Å². The van der Waals surface area contributed by atoms with E-state index in [1.807, 2.05) is 0 Å². The summed E-state index contributed by atoms with van der Waals surface area (Å²) < 4.78 is 38.3. The Morgan fingerprint density at radius 3 is 2.18 bits per heavy atom. The first-order chi connectivity index (χ1) is 10.2. The van der Waals surface area contributed by atoms with E-state index >= 15 is 0 Å². The lowest BCUT2D eigenvalue weighted by molar-refractivity contribution is -0.137. The van der Waals surface area contributed by atoms with E-state index in [1.54, 1.807) is 6.07 Å². The quantitative estimate of drug-likeness (QED) is 0.737. The Hall–Kier alpha value is -1.30. The summed E-state index contributed by atoms with van der Waals surface area (Å²) in [6, 6.07) is 5.55. The minimum atomic E-state index is -4.35. The van der Waals surface area contributed by atoms with Crippen molar-refractivity contribution in [2.75, 3.05) is 5.32 Å². The Morgan fingerprint density at radius 2 is 1.73 bits per heavy atom. The smallest absolute Gasteiger partial charge is 0.344 e. The third-order valence-corrected chi connectivity index (χ3v) is 4.12. The molecule has 0 heterocycles. The van der Waals surface area contributed by atoms with E-state index in [4.69, 9.17) is 12.2 Å². The zero-order chi connectivity index (χ0) is 16.9. The molecule has 22 heavy (non-hydrogen) atoms. The molecule has 0 saturated heterocycles. The molecule has 6 heteroatoms. The number of nitrogens with zero attached hydrogens (tertiary/aromatic N) is 1. The summed E-state index contributed by atoms with van der Waals surface area (Å²) in [4.78, 5) is 2.05. The van der Waals surface area contributed by atoms with Crippen molar-refractivity contribution < 1.29 is 13.2 Å². The van der Waals surface area contributed by atoms with Crippen LogP contribution in [0.15, 0.2) is 24.3 Å². The lowest BCUT2D eigenvalue weighted by Gasteiger charge is -2.36. The lowest BCUT2D eigenvalue weighted by atomic mass is 10.1. The highest BCUT2D eigenvalue weighted by atomic mass is 32.1. The number of nitrogens with one attached hydrogen (secondary N) is 1. The first-order valence-electron chi connectivity index (χ1n) is 7.47. The largest absolute Gasteiger partial charge is 0.416 e. The summed E-state index contributed by atoms with van der Waals surface area (Å²) >= 11 is 5.41. The maximum Gasteiger partial charge on any atom is 0.416 e. The van der Waals surface area contributed by atoms with E-state index in [0.29, 0.717) is 10.8 Å². The SMILES string of the molecule is CCC(C)N(C(=S)Nc1cccc(C(F)(F)F)c1)C(C)CC. The van der Waals surface area contributed by atoms with Crippen molar-refractivity contribution in [1.82, 2.24) is 4.90 Å². The van der Waals surface area contributed by atoms with Crippen molar-refractivity contribution in [2.24, 2.45) is 0 Å². The normalized spacial score (nSPS) is 14.3. The third-order valence-electron chi connectivity index (χ3n) is 3.81. The third kappa shape index (κ3) is 4.87. The summed E-state index contributed by atoms with van der Waals surface area (Å²) in [7, 11) is 0. The van der Waals surface area contributed by atoms with E-state index in [-0.39, 0.29) is 12.1 Å². The molecule has 2 atom stereocenters. The molecule has 0 radical (unpaired) electrons. The predicted molar refractivity (Wildman–Crippen MR) is 89.0 cm³/mol. The molecule has 0 aliphatic carbocycles. The van der Waals surface area contributed by atoms with Gasteiger partial charge in [-0.25, -0.2) is 0 Å². The molecule has 2 unspecified atom stereocenters.